The highest BCUT2D eigenvalue weighted by molar-refractivity contribution is 7.15. The second-order valence-electron chi connectivity index (χ2n) is 7.71. The number of aryl methyl sites for hydroxylation is 1. The van der Waals surface area contributed by atoms with Gasteiger partial charge in [-0.25, -0.2) is 4.98 Å². The molecular formula is C24H29N3OS. The first-order chi connectivity index (χ1) is 14.0. The van der Waals surface area contributed by atoms with Crippen molar-refractivity contribution in [1.82, 2.24) is 9.88 Å². The minimum Gasteiger partial charge on any atom is -0.329 e. The number of carbonyl (C=O) groups is 1. The van der Waals surface area contributed by atoms with E-state index in [0.29, 0.717) is 24.7 Å². The molecule has 0 spiro atoms. The summed E-state index contributed by atoms with van der Waals surface area (Å²) in [6, 6.07) is 20.1. The summed E-state index contributed by atoms with van der Waals surface area (Å²) in [5.74, 6) is 0.397. The summed E-state index contributed by atoms with van der Waals surface area (Å²) >= 11 is 1.56. The number of carbonyl (C=O) groups excluding carboxylic acids is 1. The molecule has 4 nitrogen and oxygen atoms in total. The fraction of sp³-hybridized carbons (Fsp3) is 0.333. The average Bonchev–Trinajstić information content (AvgIpc) is 3.13. The molecule has 3 aromatic rings. The van der Waals surface area contributed by atoms with Gasteiger partial charge in [0.2, 0.25) is 0 Å². The standard InChI is InChI=1S/C24H29N3OS/c1-17(2)14-21(15-25)27(16-19-10-6-4-7-11-19)24(28)22-23(29-18(3)26-22)20-12-8-5-9-13-20/h4-13,17,21H,14-16,25H2,1-3H3. The second-order valence-corrected chi connectivity index (χ2v) is 8.92. The third-order valence-corrected chi connectivity index (χ3v) is 5.91. The van der Waals surface area contributed by atoms with E-state index in [-0.39, 0.29) is 11.9 Å². The number of hydrogen-bond donors (Lipinski definition) is 1. The van der Waals surface area contributed by atoms with Gasteiger partial charge in [0.05, 0.1) is 9.88 Å². The zero-order chi connectivity index (χ0) is 20.8. The molecule has 1 amide bonds. The van der Waals surface area contributed by atoms with Crippen molar-refractivity contribution in [2.75, 3.05) is 6.54 Å². The molecule has 5 heteroatoms. The number of thiazole rings is 1. The summed E-state index contributed by atoms with van der Waals surface area (Å²) in [7, 11) is 0. The van der Waals surface area contributed by atoms with Gasteiger partial charge in [-0.2, -0.15) is 0 Å². The van der Waals surface area contributed by atoms with E-state index in [1.165, 1.54) is 0 Å². The number of amides is 1. The Balaban J connectivity index is 2.00. The second kappa shape index (κ2) is 9.81. The number of aromatic nitrogens is 1. The molecule has 152 valence electrons. The maximum absolute atomic E-state index is 13.8. The van der Waals surface area contributed by atoms with Crippen LogP contribution in [0.15, 0.2) is 60.7 Å². The van der Waals surface area contributed by atoms with E-state index in [1.807, 2.05) is 72.5 Å². The van der Waals surface area contributed by atoms with E-state index in [0.717, 1.165) is 27.4 Å². The normalized spacial score (nSPS) is 12.2. The Labute approximate surface area is 177 Å². The molecule has 1 atom stereocenters. The SMILES string of the molecule is Cc1nc(C(=O)N(Cc2ccccc2)C(CN)CC(C)C)c(-c2ccccc2)s1. The molecule has 1 heterocycles. The van der Waals surface area contributed by atoms with Crippen molar-refractivity contribution in [2.24, 2.45) is 11.7 Å². The summed E-state index contributed by atoms with van der Waals surface area (Å²) in [6.07, 6.45) is 0.860. The molecule has 0 radical (unpaired) electrons. The third-order valence-electron chi connectivity index (χ3n) is 4.89. The molecule has 0 bridgehead atoms. The van der Waals surface area contributed by atoms with Crippen LogP contribution in [0.4, 0.5) is 0 Å². The van der Waals surface area contributed by atoms with Crippen molar-refractivity contribution < 1.29 is 4.79 Å². The van der Waals surface area contributed by atoms with Crippen LogP contribution < -0.4 is 5.73 Å². The summed E-state index contributed by atoms with van der Waals surface area (Å²) in [5, 5.41) is 0.889. The summed E-state index contributed by atoms with van der Waals surface area (Å²) < 4.78 is 0. The first-order valence-electron chi connectivity index (χ1n) is 10.1. The predicted octanol–water partition coefficient (Wildman–Crippen LogP) is 5.13. The van der Waals surface area contributed by atoms with Gasteiger partial charge in [-0.15, -0.1) is 11.3 Å². The molecule has 29 heavy (non-hydrogen) atoms. The topological polar surface area (TPSA) is 59.2 Å². The van der Waals surface area contributed by atoms with Gasteiger partial charge in [-0.1, -0.05) is 74.5 Å². The molecule has 2 aromatic carbocycles. The zero-order valence-electron chi connectivity index (χ0n) is 17.3. The van der Waals surface area contributed by atoms with Gasteiger partial charge < -0.3 is 10.6 Å². The van der Waals surface area contributed by atoms with E-state index in [9.17, 15) is 4.79 Å². The molecule has 0 saturated carbocycles. The molecule has 0 fully saturated rings. The van der Waals surface area contributed by atoms with Crippen molar-refractivity contribution in [3.05, 3.63) is 76.9 Å². The van der Waals surface area contributed by atoms with Gasteiger partial charge in [0.15, 0.2) is 0 Å². The number of rotatable bonds is 8. The Morgan fingerprint density at radius 1 is 1.07 bits per heavy atom. The monoisotopic (exact) mass is 407 g/mol. The predicted molar refractivity (Wildman–Crippen MR) is 121 cm³/mol. The van der Waals surface area contributed by atoms with Crippen molar-refractivity contribution in [2.45, 2.75) is 39.8 Å². The van der Waals surface area contributed by atoms with Crippen LogP contribution in [0.5, 0.6) is 0 Å². The Hall–Kier alpha value is -2.50. The molecule has 0 aliphatic carbocycles. The van der Waals surface area contributed by atoms with Crippen molar-refractivity contribution >= 4 is 17.2 Å². The molecule has 1 aromatic heterocycles. The Morgan fingerprint density at radius 3 is 2.28 bits per heavy atom. The van der Waals surface area contributed by atoms with Gasteiger partial charge in [-0.05, 0) is 30.4 Å². The van der Waals surface area contributed by atoms with E-state index >= 15 is 0 Å². The van der Waals surface area contributed by atoms with Gasteiger partial charge in [-0.3, -0.25) is 4.79 Å². The molecule has 0 aliphatic heterocycles. The van der Waals surface area contributed by atoms with Crippen LogP contribution in [-0.4, -0.2) is 28.4 Å². The highest BCUT2D eigenvalue weighted by atomic mass is 32.1. The number of benzene rings is 2. The van der Waals surface area contributed by atoms with Crippen LogP contribution in [0.3, 0.4) is 0 Å². The van der Waals surface area contributed by atoms with Gasteiger partial charge in [0.1, 0.15) is 5.69 Å². The van der Waals surface area contributed by atoms with E-state index in [4.69, 9.17) is 5.73 Å². The quantitative estimate of drug-likeness (QED) is 0.563. The van der Waals surface area contributed by atoms with Crippen LogP contribution in [0.2, 0.25) is 0 Å². The average molecular weight is 408 g/mol. The van der Waals surface area contributed by atoms with Crippen LogP contribution in [0, 0.1) is 12.8 Å². The largest absolute Gasteiger partial charge is 0.329 e. The van der Waals surface area contributed by atoms with Gasteiger partial charge >= 0.3 is 0 Å². The van der Waals surface area contributed by atoms with E-state index in [2.05, 4.69) is 18.8 Å². The summed E-state index contributed by atoms with van der Waals surface area (Å²) in [5.41, 5.74) is 8.78. The first-order valence-corrected chi connectivity index (χ1v) is 10.9. The fourth-order valence-electron chi connectivity index (χ4n) is 3.53. The molecule has 2 N–H and O–H groups in total. The highest BCUT2D eigenvalue weighted by Gasteiger charge is 2.29. The van der Waals surface area contributed by atoms with Crippen molar-refractivity contribution in [3.63, 3.8) is 0 Å². The molecule has 0 saturated heterocycles. The van der Waals surface area contributed by atoms with Crippen LogP contribution >= 0.6 is 11.3 Å². The minimum atomic E-state index is -0.0480. The number of nitrogens with zero attached hydrogens (tertiary/aromatic N) is 2. The first kappa shape index (κ1) is 21.2. The number of nitrogens with two attached hydrogens (primary N) is 1. The van der Waals surface area contributed by atoms with Crippen molar-refractivity contribution in [1.29, 1.82) is 0 Å². The number of hydrogen-bond acceptors (Lipinski definition) is 4. The van der Waals surface area contributed by atoms with E-state index in [1.54, 1.807) is 11.3 Å². The minimum absolute atomic E-state index is 0.0339. The lowest BCUT2D eigenvalue weighted by Gasteiger charge is -2.32. The lowest BCUT2D eigenvalue weighted by molar-refractivity contribution is 0.0640. The Morgan fingerprint density at radius 2 is 1.69 bits per heavy atom. The Kier molecular flexibility index (Phi) is 7.18. The molecule has 0 aliphatic rings. The zero-order valence-corrected chi connectivity index (χ0v) is 18.2. The summed E-state index contributed by atoms with van der Waals surface area (Å²) in [6.45, 7) is 7.23. The third kappa shape index (κ3) is 5.31. The molecule has 1 unspecified atom stereocenters. The fourth-order valence-corrected chi connectivity index (χ4v) is 4.45. The highest BCUT2D eigenvalue weighted by Crippen LogP contribution is 2.32. The maximum atomic E-state index is 13.8. The van der Waals surface area contributed by atoms with Crippen LogP contribution in [0.25, 0.3) is 10.4 Å². The lowest BCUT2D eigenvalue weighted by atomic mass is 10.0. The Bertz CT molecular complexity index is 922. The molecular weight excluding hydrogens is 378 g/mol. The van der Waals surface area contributed by atoms with E-state index < -0.39 is 0 Å². The maximum Gasteiger partial charge on any atom is 0.274 e. The lowest BCUT2D eigenvalue weighted by Crippen LogP contribution is -2.45. The van der Waals surface area contributed by atoms with Crippen LogP contribution in [-0.2, 0) is 6.54 Å². The molecule has 3 rings (SSSR count). The van der Waals surface area contributed by atoms with Crippen molar-refractivity contribution in [3.8, 4) is 10.4 Å². The summed E-state index contributed by atoms with van der Waals surface area (Å²) in [4.78, 5) is 21.2. The smallest absolute Gasteiger partial charge is 0.274 e. The van der Waals surface area contributed by atoms with Gasteiger partial charge in [0, 0.05) is 19.1 Å². The van der Waals surface area contributed by atoms with Gasteiger partial charge in [0.25, 0.3) is 5.91 Å². The van der Waals surface area contributed by atoms with Crippen LogP contribution in [0.1, 0.15) is 41.3 Å².